The molecule has 0 radical (unpaired) electrons. The Balaban J connectivity index is 1.79. The number of nitrogens with two attached hydrogens (primary N) is 1. The molecule has 1 aromatic carbocycles. The molecule has 2 N–H and O–H groups in total. The van der Waals surface area contributed by atoms with Gasteiger partial charge in [-0.1, -0.05) is 6.92 Å². The summed E-state index contributed by atoms with van der Waals surface area (Å²) >= 11 is 0. The summed E-state index contributed by atoms with van der Waals surface area (Å²) in [7, 11) is 3.35. The summed E-state index contributed by atoms with van der Waals surface area (Å²) in [5.41, 5.74) is 10.6. The molecular weight excluding hydrogens is 366 g/mol. The number of ether oxygens (including phenoxy) is 2. The van der Waals surface area contributed by atoms with E-state index >= 15 is 0 Å². The van der Waals surface area contributed by atoms with E-state index in [9.17, 15) is 0 Å². The van der Waals surface area contributed by atoms with Crippen LogP contribution in [0.25, 0.3) is 16.9 Å². The van der Waals surface area contributed by atoms with E-state index < -0.39 is 0 Å². The Morgan fingerprint density at radius 2 is 1.76 bits per heavy atom. The molecule has 7 heteroatoms. The molecule has 0 saturated carbocycles. The van der Waals surface area contributed by atoms with Crippen molar-refractivity contribution in [2.45, 2.75) is 13.5 Å². The summed E-state index contributed by atoms with van der Waals surface area (Å²) in [4.78, 5) is 9.90. The third-order valence-electron chi connectivity index (χ3n) is 5.69. The van der Waals surface area contributed by atoms with Crippen molar-refractivity contribution in [1.82, 2.24) is 19.2 Å². The first kappa shape index (κ1) is 19.5. The molecule has 0 spiro atoms. The van der Waals surface area contributed by atoms with Gasteiger partial charge >= 0.3 is 0 Å². The number of benzene rings is 1. The fraction of sp³-hybridized carbons (Fsp3) is 0.409. The standard InChI is InChI=1S/C22H29N5O2/c1-4-25-9-11-26(12-10-25)15-19-22(24-21-8-5-16(23)14-27(19)21)18-13-17(28-2)6-7-20(18)29-3/h5-8,13-14H,4,9-12,15,23H2,1-3H3. The number of aromatic nitrogens is 2. The summed E-state index contributed by atoms with van der Waals surface area (Å²) in [5, 5.41) is 0. The van der Waals surface area contributed by atoms with E-state index in [1.54, 1.807) is 14.2 Å². The minimum absolute atomic E-state index is 0.719. The summed E-state index contributed by atoms with van der Waals surface area (Å²) in [6.07, 6.45) is 1.95. The first-order valence-electron chi connectivity index (χ1n) is 10.1. The van der Waals surface area contributed by atoms with Crippen molar-refractivity contribution >= 4 is 11.3 Å². The van der Waals surface area contributed by atoms with Crippen LogP contribution in [-0.4, -0.2) is 66.1 Å². The zero-order valence-electron chi connectivity index (χ0n) is 17.4. The predicted molar refractivity (Wildman–Crippen MR) is 116 cm³/mol. The Morgan fingerprint density at radius 3 is 2.45 bits per heavy atom. The van der Waals surface area contributed by atoms with Crippen LogP contribution < -0.4 is 15.2 Å². The SMILES string of the molecule is CCN1CCN(Cc2c(-c3cc(OC)ccc3OC)nc3ccc(N)cn23)CC1. The second kappa shape index (κ2) is 8.31. The van der Waals surface area contributed by atoms with E-state index in [2.05, 4.69) is 21.1 Å². The van der Waals surface area contributed by atoms with Crippen LogP contribution >= 0.6 is 0 Å². The van der Waals surface area contributed by atoms with Crippen LogP contribution in [0, 0.1) is 0 Å². The number of nitrogen functional groups attached to an aromatic ring is 1. The largest absolute Gasteiger partial charge is 0.497 e. The lowest BCUT2D eigenvalue weighted by Gasteiger charge is -2.34. The lowest BCUT2D eigenvalue weighted by Crippen LogP contribution is -2.45. The number of rotatable bonds is 6. The number of hydrogen-bond acceptors (Lipinski definition) is 6. The lowest BCUT2D eigenvalue weighted by molar-refractivity contribution is 0.131. The molecule has 1 aliphatic rings. The second-order valence-corrected chi connectivity index (χ2v) is 7.37. The van der Waals surface area contributed by atoms with Crippen LogP contribution in [0.3, 0.4) is 0 Å². The average Bonchev–Trinajstić information content (AvgIpc) is 3.11. The zero-order chi connectivity index (χ0) is 20.4. The van der Waals surface area contributed by atoms with E-state index in [0.29, 0.717) is 0 Å². The number of piperazine rings is 1. The molecule has 7 nitrogen and oxygen atoms in total. The van der Waals surface area contributed by atoms with Gasteiger partial charge in [-0.2, -0.15) is 0 Å². The number of anilines is 1. The average molecular weight is 396 g/mol. The maximum Gasteiger partial charge on any atom is 0.137 e. The van der Waals surface area contributed by atoms with Crippen LogP contribution in [0.4, 0.5) is 5.69 Å². The highest BCUT2D eigenvalue weighted by atomic mass is 16.5. The molecule has 1 aliphatic heterocycles. The highest BCUT2D eigenvalue weighted by Gasteiger charge is 2.22. The molecule has 3 heterocycles. The third kappa shape index (κ3) is 3.88. The van der Waals surface area contributed by atoms with Gasteiger partial charge in [0.2, 0.25) is 0 Å². The Kier molecular flexibility index (Phi) is 5.60. The quantitative estimate of drug-likeness (QED) is 0.692. The molecule has 1 saturated heterocycles. The summed E-state index contributed by atoms with van der Waals surface area (Å²) < 4.78 is 13.2. The zero-order valence-corrected chi connectivity index (χ0v) is 17.4. The monoisotopic (exact) mass is 395 g/mol. The molecule has 0 atom stereocenters. The molecule has 3 aromatic rings. The van der Waals surface area contributed by atoms with Crippen molar-refractivity contribution in [1.29, 1.82) is 0 Å². The van der Waals surface area contributed by atoms with E-state index in [0.717, 1.165) is 79.1 Å². The number of likely N-dealkylation sites (N-methyl/N-ethyl adjacent to an activating group) is 1. The minimum atomic E-state index is 0.719. The number of imidazole rings is 1. The van der Waals surface area contributed by atoms with Crippen molar-refractivity contribution in [2.75, 3.05) is 52.7 Å². The number of fused-ring (bicyclic) bond motifs is 1. The molecule has 1 fully saturated rings. The lowest BCUT2D eigenvalue weighted by atomic mass is 10.1. The fourth-order valence-electron chi connectivity index (χ4n) is 3.95. The molecule has 2 aromatic heterocycles. The van der Waals surface area contributed by atoms with Crippen LogP contribution in [0.5, 0.6) is 11.5 Å². The van der Waals surface area contributed by atoms with Gasteiger partial charge in [-0.25, -0.2) is 4.98 Å². The Bertz CT molecular complexity index is 992. The minimum Gasteiger partial charge on any atom is -0.497 e. The van der Waals surface area contributed by atoms with Crippen molar-refractivity contribution in [3.05, 3.63) is 42.2 Å². The van der Waals surface area contributed by atoms with E-state index in [4.69, 9.17) is 20.2 Å². The maximum absolute atomic E-state index is 6.10. The van der Waals surface area contributed by atoms with Gasteiger partial charge in [0.15, 0.2) is 0 Å². The highest BCUT2D eigenvalue weighted by molar-refractivity contribution is 5.74. The van der Waals surface area contributed by atoms with Gasteiger partial charge in [0.25, 0.3) is 0 Å². The van der Waals surface area contributed by atoms with Crippen LogP contribution in [0.1, 0.15) is 12.6 Å². The molecule has 0 bridgehead atoms. The van der Waals surface area contributed by atoms with Crippen molar-refractivity contribution in [3.8, 4) is 22.8 Å². The summed E-state index contributed by atoms with van der Waals surface area (Å²) in [5.74, 6) is 1.55. The Labute approximate surface area is 171 Å². The molecule has 0 aliphatic carbocycles. The molecule has 29 heavy (non-hydrogen) atoms. The topological polar surface area (TPSA) is 68.3 Å². The van der Waals surface area contributed by atoms with E-state index in [-0.39, 0.29) is 0 Å². The third-order valence-corrected chi connectivity index (χ3v) is 5.69. The summed E-state index contributed by atoms with van der Waals surface area (Å²) in [6.45, 7) is 8.39. The second-order valence-electron chi connectivity index (χ2n) is 7.37. The fourth-order valence-corrected chi connectivity index (χ4v) is 3.95. The van der Waals surface area contributed by atoms with Crippen LogP contribution in [0.15, 0.2) is 36.5 Å². The van der Waals surface area contributed by atoms with Gasteiger partial charge in [-0.05, 0) is 36.9 Å². The number of pyridine rings is 1. The number of hydrogen-bond donors (Lipinski definition) is 1. The molecule has 154 valence electrons. The Morgan fingerprint density at radius 1 is 1.00 bits per heavy atom. The first-order chi connectivity index (χ1) is 14.1. The predicted octanol–water partition coefficient (Wildman–Crippen LogP) is 2.74. The highest BCUT2D eigenvalue weighted by Crippen LogP contribution is 2.36. The first-order valence-corrected chi connectivity index (χ1v) is 10.1. The van der Waals surface area contributed by atoms with Gasteiger partial charge in [0, 0.05) is 50.2 Å². The van der Waals surface area contributed by atoms with Gasteiger partial charge in [-0.3, -0.25) is 4.90 Å². The number of methoxy groups -OCH3 is 2. The molecule has 4 rings (SSSR count). The van der Waals surface area contributed by atoms with Gasteiger partial charge in [-0.15, -0.1) is 0 Å². The van der Waals surface area contributed by atoms with Crippen molar-refractivity contribution < 1.29 is 9.47 Å². The number of nitrogens with zero attached hydrogens (tertiary/aromatic N) is 4. The maximum atomic E-state index is 6.10. The molecular formula is C22H29N5O2. The Hall–Kier alpha value is -2.77. The molecule has 0 amide bonds. The van der Waals surface area contributed by atoms with Crippen molar-refractivity contribution in [2.24, 2.45) is 0 Å². The van der Waals surface area contributed by atoms with Crippen molar-refractivity contribution in [3.63, 3.8) is 0 Å². The van der Waals surface area contributed by atoms with Gasteiger partial charge in [0.1, 0.15) is 17.1 Å². The normalized spacial score (nSPS) is 15.7. The summed E-state index contributed by atoms with van der Waals surface area (Å²) in [6, 6.07) is 9.67. The smallest absolute Gasteiger partial charge is 0.137 e. The van der Waals surface area contributed by atoms with Gasteiger partial charge in [0.05, 0.1) is 25.6 Å². The van der Waals surface area contributed by atoms with Crippen LogP contribution in [-0.2, 0) is 6.54 Å². The van der Waals surface area contributed by atoms with Crippen LogP contribution in [0.2, 0.25) is 0 Å². The van der Waals surface area contributed by atoms with Gasteiger partial charge < -0.3 is 24.5 Å². The van der Waals surface area contributed by atoms with E-state index in [1.165, 1.54) is 0 Å². The van der Waals surface area contributed by atoms with E-state index in [1.807, 2.05) is 36.5 Å². The molecule has 0 unspecified atom stereocenters.